The van der Waals surface area contributed by atoms with Crippen LogP contribution in [0.3, 0.4) is 0 Å². The lowest BCUT2D eigenvalue weighted by Crippen LogP contribution is -2.19. The fourth-order valence-corrected chi connectivity index (χ4v) is 1.60. The molecular weight excluding hydrogens is 232 g/mol. The zero-order valence-electron chi connectivity index (χ0n) is 11.1. The van der Waals surface area contributed by atoms with Gasteiger partial charge in [0, 0.05) is 12.6 Å². The van der Waals surface area contributed by atoms with Crippen molar-refractivity contribution in [3.05, 3.63) is 33.9 Å². The fourth-order valence-electron chi connectivity index (χ4n) is 1.60. The van der Waals surface area contributed by atoms with Gasteiger partial charge in [0.1, 0.15) is 0 Å². The highest BCUT2D eigenvalue weighted by atomic mass is 16.6. The first kappa shape index (κ1) is 14.4. The van der Waals surface area contributed by atoms with E-state index in [1.807, 2.05) is 6.92 Å². The quantitative estimate of drug-likeness (QED) is 0.598. The van der Waals surface area contributed by atoms with Crippen molar-refractivity contribution in [3.63, 3.8) is 0 Å². The Morgan fingerprint density at radius 2 is 2.17 bits per heavy atom. The fraction of sp³-hybridized carbons (Fsp3) is 0.538. The summed E-state index contributed by atoms with van der Waals surface area (Å²) in [6, 6.07) is 4.99. The molecule has 1 aromatic carbocycles. The largest absolute Gasteiger partial charge is 0.487 e. The third-order valence-electron chi connectivity index (χ3n) is 2.40. The Morgan fingerprint density at radius 1 is 1.44 bits per heavy atom. The molecule has 1 N–H and O–H groups in total. The number of benzene rings is 1. The number of hydrogen-bond donors (Lipinski definition) is 1. The van der Waals surface area contributed by atoms with E-state index in [9.17, 15) is 10.1 Å². The zero-order valence-corrected chi connectivity index (χ0v) is 11.1. The molecule has 0 aliphatic heterocycles. The molecule has 0 amide bonds. The Balaban J connectivity index is 2.76. The lowest BCUT2D eigenvalue weighted by Gasteiger charge is -2.09. The van der Waals surface area contributed by atoms with Gasteiger partial charge in [0.05, 0.1) is 11.5 Å². The Kier molecular flexibility index (Phi) is 5.58. The lowest BCUT2D eigenvalue weighted by molar-refractivity contribution is -0.385. The van der Waals surface area contributed by atoms with E-state index >= 15 is 0 Å². The van der Waals surface area contributed by atoms with E-state index in [2.05, 4.69) is 19.2 Å². The number of ether oxygens (including phenoxy) is 1. The topological polar surface area (TPSA) is 64.4 Å². The van der Waals surface area contributed by atoms with Crippen molar-refractivity contribution in [3.8, 4) is 5.75 Å². The van der Waals surface area contributed by atoms with E-state index in [0.29, 0.717) is 24.8 Å². The summed E-state index contributed by atoms with van der Waals surface area (Å²) in [5, 5.41) is 14.1. The average Bonchev–Trinajstić information content (AvgIpc) is 2.29. The molecule has 5 heteroatoms. The average molecular weight is 252 g/mol. The minimum Gasteiger partial charge on any atom is -0.487 e. The van der Waals surface area contributed by atoms with Crippen LogP contribution in [-0.2, 0) is 6.54 Å². The van der Waals surface area contributed by atoms with E-state index in [1.54, 1.807) is 12.1 Å². The molecule has 1 rings (SSSR count). The van der Waals surface area contributed by atoms with Crippen LogP contribution < -0.4 is 10.1 Å². The highest BCUT2D eigenvalue weighted by Crippen LogP contribution is 2.27. The Labute approximate surface area is 107 Å². The molecule has 0 aliphatic rings. The maximum atomic E-state index is 10.8. The normalized spacial score (nSPS) is 10.7. The van der Waals surface area contributed by atoms with Gasteiger partial charge < -0.3 is 10.1 Å². The molecule has 0 unspecified atom stereocenters. The highest BCUT2D eigenvalue weighted by Gasteiger charge is 2.14. The van der Waals surface area contributed by atoms with E-state index in [4.69, 9.17) is 4.74 Å². The molecule has 0 saturated heterocycles. The molecule has 0 heterocycles. The molecule has 0 aliphatic carbocycles. The van der Waals surface area contributed by atoms with Crippen LogP contribution in [0.1, 0.15) is 26.3 Å². The second-order valence-corrected chi connectivity index (χ2v) is 4.52. The van der Waals surface area contributed by atoms with Gasteiger partial charge in [0.2, 0.25) is 0 Å². The molecule has 18 heavy (non-hydrogen) atoms. The lowest BCUT2D eigenvalue weighted by atomic mass is 10.1. The summed E-state index contributed by atoms with van der Waals surface area (Å²) in [6.07, 6.45) is 0. The van der Waals surface area contributed by atoms with E-state index < -0.39 is 4.92 Å². The first-order valence-corrected chi connectivity index (χ1v) is 6.15. The van der Waals surface area contributed by atoms with Crippen molar-refractivity contribution in [2.24, 2.45) is 5.92 Å². The number of nitrogens with one attached hydrogen (secondary N) is 1. The third kappa shape index (κ3) is 4.33. The van der Waals surface area contributed by atoms with Crippen molar-refractivity contribution in [1.82, 2.24) is 5.32 Å². The van der Waals surface area contributed by atoms with Gasteiger partial charge in [-0.15, -0.1) is 0 Å². The van der Waals surface area contributed by atoms with Crippen LogP contribution >= 0.6 is 0 Å². The molecule has 0 aromatic heterocycles. The monoisotopic (exact) mass is 252 g/mol. The molecule has 0 bridgehead atoms. The molecule has 1 aromatic rings. The minimum atomic E-state index is -0.420. The van der Waals surface area contributed by atoms with Crippen LogP contribution in [-0.4, -0.2) is 18.1 Å². The molecule has 0 atom stereocenters. The summed E-state index contributed by atoms with van der Waals surface area (Å²) in [4.78, 5) is 10.4. The Morgan fingerprint density at radius 3 is 2.72 bits per heavy atom. The van der Waals surface area contributed by atoms with Crippen LogP contribution in [0.2, 0.25) is 0 Å². The van der Waals surface area contributed by atoms with Gasteiger partial charge in [0.15, 0.2) is 5.75 Å². The number of nitrogens with zero attached hydrogens (tertiary/aromatic N) is 1. The summed E-state index contributed by atoms with van der Waals surface area (Å²) in [5.41, 5.74) is 1.01. The molecule has 0 saturated carbocycles. The van der Waals surface area contributed by atoms with E-state index in [0.717, 1.165) is 12.1 Å². The second-order valence-electron chi connectivity index (χ2n) is 4.52. The van der Waals surface area contributed by atoms with Crippen LogP contribution in [0.15, 0.2) is 18.2 Å². The standard InChI is InChI=1S/C13H20N2O3/c1-4-18-13-7-11(9-14-8-10(2)3)5-6-12(13)15(16)17/h5-7,10,14H,4,8-9H2,1-3H3. The van der Waals surface area contributed by atoms with Gasteiger partial charge in [-0.05, 0) is 31.0 Å². The van der Waals surface area contributed by atoms with Crippen LogP contribution in [0.4, 0.5) is 5.69 Å². The maximum absolute atomic E-state index is 10.8. The van der Waals surface area contributed by atoms with Gasteiger partial charge >= 0.3 is 5.69 Å². The Hall–Kier alpha value is -1.62. The molecule has 0 radical (unpaired) electrons. The van der Waals surface area contributed by atoms with Crippen molar-refractivity contribution in [1.29, 1.82) is 0 Å². The molecule has 100 valence electrons. The summed E-state index contributed by atoms with van der Waals surface area (Å²) in [7, 11) is 0. The first-order chi connectivity index (χ1) is 8.54. The SMILES string of the molecule is CCOc1cc(CNCC(C)C)ccc1[N+](=O)[O-]. The zero-order chi connectivity index (χ0) is 13.5. The molecule has 0 fully saturated rings. The number of nitro benzene ring substituents is 1. The second kappa shape index (κ2) is 6.96. The third-order valence-corrected chi connectivity index (χ3v) is 2.40. The van der Waals surface area contributed by atoms with Crippen molar-refractivity contribution < 1.29 is 9.66 Å². The molecular formula is C13H20N2O3. The number of hydrogen-bond acceptors (Lipinski definition) is 4. The van der Waals surface area contributed by atoms with Crippen molar-refractivity contribution in [2.45, 2.75) is 27.3 Å². The summed E-state index contributed by atoms with van der Waals surface area (Å²) < 4.78 is 5.30. The van der Waals surface area contributed by atoms with Gasteiger partial charge in [-0.25, -0.2) is 0 Å². The van der Waals surface area contributed by atoms with Gasteiger partial charge in [-0.2, -0.15) is 0 Å². The first-order valence-electron chi connectivity index (χ1n) is 6.15. The smallest absolute Gasteiger partial charge is 0.310 e. The predicted molar refractivity (Wildman–Crippen MR) is 70.8 cm³/mol. The van der Waals surface area contributed by atoms with Crippen LogP contribution in [0.25, 0.3) is 0 Å². The molecule has 5 nitrogen and oxygen atoms in total. The van der Waals surface area contributed by atoms with Crippen LogP contribution in [0.5, 0.6) is 5.75 Å². The summed E-state index contributed by atoms with van der Waals surface area (Å²) in [6.45, 7) is 8.11. The van der Waals surface area contributed by atoms with Gasteiger partial charge in [-0.1, -0.05) is 19.9 Å². The highest BCUT2D eigenvalue weighted by molar-refractivity contribution is 5.48. The summed E-state index contributed by atoms with van der Waals surface area (Å²) >= 11 is 0. The van der Waals surface area contributed by atoms with Crippen molar-refractivity contribution >= 4 is 5.69 Å². The predicted octanol–water partition coefficient (Wildman–Crippen LogP) is 2.74. The number of rotatable bonds is 7. The number of nitro groups is 1. The molecule has 0 spiro atoms. The van der Waals surface area contributed by atoms with E-state index in [1.165, 1.54) is 6.07 Å². The van der Waals surface area contributed by atoms with Crippen molar-refractivity contribution in [2.75, 3.05) is 13.2 Å². The van der Waals surface area contributed by atoms with Crippen LogP contribution in [0, 0.1) is 16.0 Å². The summed E-state index contributed by atoms with van der Waals surface area (Å²) in [5.74, 6) is 0.917. The maximum Gasteiger partial charge on any atom is 0.310 e. The van der Waals surface area contributed by atoms with E-state index in [-0.39, 0.29) is 5.69 Å². The van der Waals surface area contributed by atoms with Gasteiger partial charge in [-0.3, -0.25) is 10.1 Å². The van der Waals surface area contributed by atoms with Gasteiger partial charge in [0.25, 0.3) is 0 Å². The Bertz CT molecular complexity index is 405. The minimum absolute atomic E-state index is 0.0180.